The zero-order valence-corrected chi connectivity index (χ0v) is 19.0. The van der Waals surface area contributed by atoms with Gasteiger partial charge in [0.1, 0.15) is 36.3 Å². The van der Waals surface area contributed by atoms with Crippen LogP contribution in [0.3, 0.4) is 0 Å². The van der Waals surface area contributed by atoms with E-state index in [0.29, 0.717) is 5.56 Å². The maximum Gasteiger partial charge on any atom is 0.355 e. The maximum atomic E-state index is 12.5. The molecule has 1 aromatic carbocycles. The number of nitro benzene ring substituents is 1. The number of nitrogens with zero attached hydrogens (tertiary/aromatic N) is 2. The number of fused-ring (bicyclic) bond motifs is 1. The van der Waals surface area contributed by atoms with Crippen molar-refractivity contribution >= 4 is 41.3 Å². The number of non-ortho nitro benzene ring substituents is 1. The van der Waals surface area contributed by atoms with Gasteiger partial charge in [-0.05, 0) is 24.6 Å². The second-order valence-corrected chi connectivity index (χ2v) is 8.42. The average Bonchev–Trinajstić information content (AvgIpc) is 3.19. The highest BCUT2D eigenvalue weighted by atomic mass is 32.2. The Hall–Kier alpha value is -3.67. The van der Waals surface area contributed by atoms with Crippen molar-refractivity contribution in [3.8, 4) is 0 Å². The lowest BCUT2D eigenvalue weighted by Gasteiger charge is -2.44. The van der Waals surface area contributed by atoms with Gasteiger partial charge in [-0.3, -0.25) is 29.4 Å². The molecule has 1 saturated heterocycles. The second-order valence-electron chi connectivity index (χ2n) is 7.43. The Kier molecular flexibility index (Phi) is 8.05. The molecule has 1 amide bonds. The van der Waals surface area contributed by atoms with Gasteiger partial charge >= 0.3 is 17.9 Å². The van der Waals surface area contributed by atoms with Crippen molar-refractivity contribution in [3.05, 3.63) is 63.7 Å². The molecule has 2 aliphatic heterocycles. The summed E-state index contributed by atoms with van der Waals surface area (Å²) in [6.45, 7) is 4.99. The summed E-state index contributed by atoms with van der Waals surface area (Å²) in [6.07, 6.45) is 0.221. The molecule has 1 fully saturated rings. The molecule has 3 atom stereocenters. The largest absolute Gasteiger partial charge is 0.462 e. The average molecular weight is 490 g/mol. The molecule has 0 spiro atoms. The van der Waals surface area contributed by atoms with Crippen LogP contribution in [0.4, 0.5) is 5.69 Å². The quantitative estimate of drug-likeness (QED) is 0.113. The Morgan fingerprint density at radius 3 is 2.53 bits per heavy atom. The van der Waals surface area contributed by atoms with Crippen LogP contribution in [0, 0.1) is 16.0 Å². The summed E-state index contributed by atoms with van der Waals surface area (Å²) in [6, 6.07) is 5.55. The van der Waals surface area contributed by atoms with Crippen LogP contribution in [0.25, 0.3) is 0 Å². The van der Waals surface area contributed by atoms with E-state index in [4.69, 9.17) is 14.2 Å². The number of rotatable bonds is 11. The van der Waals surface area contributed by atoms with Crippen molar-refractivity contribution in [2.75, 3.05) is 6.61 Å². The lowest BCUT2D eigenvalue weighted by Crippen LogP contribution is -2.61. The molecule has 11 nitrogen and oxygen atoms in total. The van der Waals surface area contributed by atoms with Crippen molar-refractivity contribution in [3.63, 3.8) is 0 Å². The van der Waals surface area contributed by atoms with Crippen molar-refractivity contribution in [2.45, 2.75) is 37.9 Å². The third-order valence-electron chi connectivity index (χ3n) is 5.11. The van der Waals surface area contributed by atoms with E-state index in [-0.39, 0.29) is 48.7 Å². The predicted molar refractivity (Wildman–Crippen MR) is 119 cm³/mol. The van der Waals surface area contributed by atoms with E-state index in [1.54, 1.807) is 12.3 Å². The molecule has 0 N–H and O–H groups in total. The number of nitro groups is 1. The number of thioether (sulfide) groups is 1. The van der Waals surface area contributed by atoms with E-state index in [1.807, 2.05) is 0 Å². The Labute approximate surface area is 198 Å². The second kappa shape index (κ2) is 11.0. The molecule has 0 saturated carbocycles. The van der Waals surface area contributed by atoms with Gasteiger partial charge in [0.2, 0.25) is 5.91 Å². The van der Waals surface area contributed by atoms with E-state index in [1.165, 1.54) is 47.0 Å². The number of hydrogen-bond acceptors (Lipinski definition) is 10. The first-order valence-electron chi connectivity index (χ1n) is 10.3. The first-order chi connectivity index (χ1) is 16.2. The molecule has 12 heteroatoms. The smallest absolute Gasteiger partial charge is 0.355 e. The van der Waals surface area contributed by atoms with Gasteiger partial charge in [0.05, 0.1) is 17.8 Å². The SMILES string of the molecule is C=CCOC(=O)C1=CS[C@H]2[C@@H]([C@@H](C)OC(=O)CCC(=O)OCc3ccc([N+](=O)[O-])cc3)C(=O)N12. The fourth-order valence-corrected chi connectivity index (χ4v) is 4.68. The fraction of sp³-hybridized carbons (Fsp3) is 0.364. The minimum Gasteiger partial charge on any atom is -0.462 e. The van der Waals surface area contributed by atoms with Gasteiger partial charge in [0.15, 0.2) is 0 Å². The summed E-state index contributed by atoms with van der Waals surface area (Å²) in [5, 5.41) is 11.8. The normalized spacial score (nSPS) is 19.3. The molecule has 180 valence electrons. The third-order valence-corrected chi connectivity index (χ3v) is 6.25. The van der Waals surface area contributed by atoms with Crippen molar-refractivity contribution in [1.29, 1.82) is 0 Å². The molecule has 2 aliphatic rings. The number of amides is 1. The van der Waals surface area contributed by atoms with E-state index >= 15 is 0 Å². The van der Waals surface area contributed by atoms with Crippen LogP contribution in [-0.4, -0.2) is 51.7 Å². The van der Waals surface area contributed by atoms with Crippen LogP contribution >= 0.6 is 11.8 Å². The summed E-state index contributed by atoms with van der Waals surface area (Å²) in [4.78, 5) is 60.0. The van der Waals surface area contributed by atoms with Crippen LogP contribution in [0.2, 0.25) is 0 Å². The molecule has 3 rings (SSSR count). The molecule has 0 unspecified atom stereocenters. The molecule has 2 heterocycles. The molecular weight excluding hydrogens is 468 g/mol. The fourth-order valence-electron chi connectivity index (χ4n) is 3.36. The van der Waals surface area contributed by atoms with Gasteiger partial charge in [-0.1, -0.05) is 12.7 Å². The minimum atomic E-state index is -0.748. The summed E-state index contributed by atoms with van der Waals surface area (Å²) in [7, 11) is 0. The first-order valence-corrected chi connectivity index (χ1v) is 11.2. The number of esters is 3. The Bertz CT molecular complexity index is 1040. The van der Waals surface area contributed by atoms with Crippen LogP contribution in [0.1, 0.15) is 25.3 Å². The van der Waals surface area contributed by atoms with E-state index < -0.39 is 34.9 Å². The van der Waals surface area contributed by atoms with E-state index in [2.05, 4.69) is 6.58 Å². The van der Waals surface area contributed by atoms with Crippen molar-refractivity contribution in [1.82, 2.24) is 4.90 Å². The lowest BCUT2D eigenvalue weighted by molar-refractivity contribution is -0.384. The van der Waals surface area contributed by atoms with Gasteiger partial charge < -0.3 is 14.2 Å². The standard InChI is InChI=1S/C22H22N2O9S/c1-3-10-31-22(28)16-12-34-21-19(20(27)23(16)21)13(2)33-18(26)9-8-17(25)32-11-14-4-6-15(7-5-14)24(29)30/h3-7,12-13,19,21H,1,8-11H2,2H3/t13-,19+,21+/m1/s1. The number of ether oxygens (including phenoxy) is 3. The molecule has 1 aromatic rings. The number of carbonyl (C=O) groups is 4. The highest BCUT2D eigenvalue weighted by molar-refractivity contribution is 8.03. The number of carbonyl (C=O) groups excluding carboxylic acids is 4. The van der Waals surface area contributed by atoms with Crippen LogP contribution in [0.15, 0.2) is 48.0 Å². The Balaban J connectivity index is 1.39. The van der Waals surface area contributed by atoms with Crippen LogP contribution in [-0.2, 0) is 40.0 Å². The van der Waals surface area contributed by atoms with Gasteiger partial charge in [0.25, 0.3) is 5.69 Å². The highest BCUT2D eigenvalue weighted by Crippen LogP contribution is 2.46. The summed E-state index contributed by atoms with van der Waals surface area (Å²) < 4.78 is 15.3. The van der Waals surface area contributed by atoms with Gasteiger partial charge in [-0.25, -0.2) is 4.79 Å². The molecule has 34 heavy (non-hydrogen) atoms. The van der Waals surface area contributed by atoms with Gasteiger partial charge in [-0.15, -0.1) is 11.8 Å². The third kappa shape index (κ3) is 5.63. The predicted octanol–water partition coefficient (Wildman–Crippen LogP) is 2.45. The van der Waals surface area contributed by atoms with Gasteiger partial charge in [0, 0.05) is 17.5 Å². The maximum absolute atomic E-state index is 12.5. The Morgan fingerprint density at radius 1 is 1.21 bits per heavy atom. The minimum absolute atomic E-state index is 0.0291. The zero-order valence-electron chi connectivity index (χ0n) is 18.2. The van der Waals surface area contributed by atoms with E-state index in [9.17, 15) is 29.3 Å². The highest BCUT2D eigenvalue weighted by Gasteiger charge is 2.56. The molecular formula is C22H22N2O9S. The van der Waals surface area contributed by atoms with Crippen molar-refractivity contribution < 1.29 is 38.3 Å². The van der Waals surface area contributed by atoms with Crippen LogP contribution < -0.4 is 0 Å². The topological polar surface area (TPSA) is 142 Å². The Morgan fingerprint density at radius 2 is 1.88 bits per heavy atom. The lowest BCUT2D eigenvalue weighted by atomic mass is 9.92. The zero-order chi connectivity index (χ0) is 24.8. The summed E-state index contributed by atoms with van der Waals surface area (Å²) in [5.41, 5.74) is 0.640. The number of β-lactam (4-membered cyclic amide) rings is 1. The molecule has 0 radical (unpaired) electrons. The summed E-state index contributed by atoms with van der Waals surface area (Å²) in [5.74, 6) is -2.89. The first kappa shape index (κ1) is 25.0. The van der Waals surface area contributed by atoms with Crippen molar-refractivity contribution in [2.24, 2.45) is 5.92 Å². The van der Waals surface area contributed by atoms with E-state index in [0.717, 1.165) is 0 Å². The summed E-state index contributed by atoms with van der Waals surface area (Å²) >= 11 is 1.27. The number of benzene rings is 1. The molecule has 0 aliphatic carbocycles. The monoisotopic (exact) mass is 490 g/mol. The van der Waals surface area contributed by atoms with Crippen LogP contribution in [0.5, 0.6) is 0 Å². The molecule has 0 aromatic heterocycles. The van der Waals surface area contributed by atoms with Gasteiger partial charge in [-0.2, -0.15) is 0 Å². The molecule has 0 bridgehead atoms. The number of hydrogen-bond donors (Lipinski definition) is 0.